The lowest BCUT2D eigenvalue weighted by molar-refractivity contribution is -0.153. The van der Waals surface area contributed by atoms with Crippen molar-refractivity contribution in [3.05, 3.63) is 0 Å². The second-order valence-corrected chi connectivity index (χ2v) is 5.93. The van der Waals surface area contributed by atoms with Gasteiger partial charge in [-0.25, -0.2) is 4.79 Å². The van der Waals surface area contributed by atoms with Crippen LogP contribution in [0.5, 0.6) is 0 Å². The Labute approximate surface area is 120 Å². The van der Waals surface area contributed by atoms with Gasteiger partial charge in [-0.2, -0.15) is 0 Å². The topological polar surface area (TPSA) is 72.9 Å². The van der Waals surface area contributed by atoms with Gasteiger partial charge in [-0.05, 0) is 25.8 Å². The molecule has 2 N–H and O–H groups in total. The standard InChI is InChI=1S/C14H25N3O3/c1-2-6-16-7-9-17(10-8-16)13(20)15-11-14(12(18)19)4-3-5-14/h2-11H2,1H3,(H,15,20)(H,18,19). The maximum absolute atomic E-state index is 12.1. The van der Waals surface area contributed by atoms with Crippen LogP contribution in [0.2, 0.25) is 0 Å². The summed E-state index contributed by atoms with van der Waals surface area (Å²) < 4.78 is 0. The van der Waals surface area contributed by atoms with E-state index in [1.165, 1.54) is 0 Å². The molecule has 0 aromatic carbocycles. The molecule has 1 heterocycles. The van der Waals surface area contributed by atoms with Gasteiger partial charge < -0.3 is 15.3 Å². The molecule has 114 valence electrons. The van der Waals surface area contributed by atoms with Crippen LogP contribution in [0.1, 0.15) is 32.6 Å². The van der Waals surface area contributed by atoms with Crippen LogP contribution < -0.4 is 5.32 Å². The van der Waals surface area contributed by atoms with Gasteiger partial charge in [0.05, 0.1) is 5.41 Å². The summed E-state index contributed by atoms with van der Waals surface area (Å²) in [6, 6.07) is -0.117. The van der Waals surface area contributed by atoms with Crippen molar-refractivity contribution in [2.75, 3.05) is 39.3 Å². The monoisotopic (exact) mass is 283 g/mol. The van der Waals surface area contributed by atoms with Crippen molar-refractivity contribution in [2.45, 2.75) is 32.6 Å². The van der Waals surface area contributed by atoms with Gasteiger partial charge >= 0.3 is 12.0 Å². The third-order valence-corrected chi connectivity index (χ3v) is 4.54. The summed E-state index contributed by atoms with van der Waals surface area (Å²) in [6.07, 6.45) is 3.42. The summed E-state index contributed by atoms with van der Waals surface area (Å²) in [6.45, 7) is 6.77. The third kappa shape index (κ3) is 3.23. The average molecular weight is 283 g/mol. The molecule has 0 unspecified atom stereocenters. The summed E-state index contributed by atoms with van der Waals surface area (Å²) in [5.41, 5.74) is -0.709. The van der Waals surface area contributed by atoms with E-state index in [9.17, 15) is 14.7 Å². The zero-order valence-corrected chi connectivity index (χ0v) is 12.2. The number of amides is 2. The molecule has 0 atom stereocenters. The number of nitrogens with zero attached hydrogens (tertiary/aromatic N) is 2. The van der Waals surface area contributed by atoms with Crippen molar-refractivity contribution in [3.63, 3.8) is 0 Å². The van der Waals surface area contributed by atoms with Crippen LogP contribution in [0.25, 0.3) is 0 Å². The van der Waals surface area contributed by atoms with Crippen LogP contribution in [0.4, 0.5) is 4.79 Å². The number of rotatable bonds is 5. The van der Waals surface area contributed by atoms with Crippen LogP contribution in [-0.4, -0.2) is 66.2 Å². The van der Waals surface area contributed by atoms with Gasteiger partial charge in [0.15, 0.2) is 0 Å². The van der Waals surface area contributed by atoms with E-state index in [-0.39, 0.29) is 12.6 Å². The molecule has 0 aromatic rings. The molecule has 2 aliphatic rings. The first-order chi connectivity index (χ1) is 9.57. The Kier molecular flexibility index (Phi) is 4.86. The minimum atomic E-state index is -0.781. The molecule has 1 saturated carbocycles. The number of hydrogen-bond acceptors (Lipinski definition) is 3. The van der Waals surface area contributed by atoms with Gasteiger partial charge in [0, 0.05) is 32.7 Å². The second kappa shape index (κ2) is 6.43. The Morgan fingerprint density at radius 3 is 2.30 bits per heavy atom. The number of carboxylic acid groups (broad SMARTS) is 1. The van der Waals surface area contributed by atoms with E-state index in [0.717, 1.165) is 45.6 Å². The zero-order chi connectivity index (χ0) is 14.6. The van der Waals surface area contributed by atoms with Crippen molar-refractivity contribution in [3.8, 4) is 0 Å². The van der Waals surface area contributed by atoms with Crippen LogP contribution in [0, 0.1) is 5.41 Å². The smallest absolute Gasteiger partial charge is 0.317 e. The van der Waals surface area contributed by atoms with Crippen LogP contribution in [0.15, 0.2) is 0 Å². The first-order valence-corrected chi connectivity index (χ1v) is 7.56. The van der Waals surface area contributed by atoms with Crippen molar-refractivity contribution in [2.24, 2.45) is 5.41 Å². The van der Waals surface area contributed by atoms with E-state index < -0.39 is 11.4 Å². The number of carbonyl (C=O) groups is 2. The van der Waals surface area contributed by atoms with Crippen molar-refractivity contribution < 1.29 is 14.7 Å². The Hall–Kier alpha value is -1.30. The van der Waals surface area contributed by atoms with E-state index in [1.54, 1.807) is 4.90 Å². The molecule has 2 fully saturated rings. The molecular weight excluding hydrogens is 258 g/mol. The molecule has 2 amide bonds. The molecule has 20 heavy (non-hydrogen) atoms. The summed E-state index contributed by atoms with van der Waals surface area (Å²) >= 11 is 0. The fraction of sp³-hybridized carbons (Fsp3) is 0.857. The predicted molar refractivity (Wildman–Crippen MR) is 75.6 cm³/mol. The fourth-order valence-corrected chi connectivity index (χ4v) is 2.92. The molecule has 0 spiro atoms. The second-order valence-electron chi connectivity index (χ2n) is 5.93. The Morgan fingerprint density at radius 2 is 1.85 bits per heavy atom. The number of hydrogen-bond donors (Lipinski definition) is 2. The molecule has 0 aromatic heterocycles. The number of piperazine rings is 1. The van der Waals surface area contributed by atoms with Gasteiger partial charge in [-0.1, -0.05) is 13.3 Å². The predicted octanol–water partition coefficient (Wildman–Crippen LogP) is 0.979. The van der Waals surface area contributed by atoms with Gasteiger partial charge in [0.25, 0.3) is 0 Å². The molecule has 0 radical (unpaired) electrons. The molecule has 1 aliphatic heterocycles. The Bertz CT molecular complexity index is 361. The van der Waals surface area contributed by atoms with Crippen LogP contribution in [-0.2, 0) is 4.79 Å². The Balaban J connectivity index is 1.74. The molecule has 6 nitrogen and oxygen atoms in total. The largest absolute Gasteiger partial charge is 0.481 e. The third-order valence-electron chi connectivity index (χ3n) is 4.54. The van der Waals surface area contributed by atoms with Crippen LogP contribution in [0.3, 0.4) is 0 Å². The minimum Gasteiger partial charge on any atom is -0.481 e. The number of urea groups is 1. The number of nitrogens with one attached hydrogen (secondary N) is 1. The number of carboxylic acids is 1. The average Bonchev–Trinajstić information content (AvgIpc) is 2.38. The van der Waals surface area contributed by atoms with Crippen molar-refractivity contribution >= 4 is 12.0 Å². The highest BCUT2D eigenvalue weighted by molar-refractivity contribution is 5.79. The lowest BCUT2D eigenvalue weighted by atomic mass is 9.69. The molecule has 1 aliphatic carbocycles. The van der Waals surface area contributed by atoms with Crippen LogP contribution >= 0.6 is 0 Å². The normalized spacial score (nSPS) is 22.1. The molecular formula is C14H25N3O3. The maximum Gasteiger partial charge on any atom is 0.317 e. The zero-order valence-electron chi connectivity index (χ0n) is 12.2. The lowest BCUT2D eigenvalue weighted by Crippen LogP contribution is -2.55. The van der Waals surface area contributed by atoms with E-state index in [4.69, 9.17) is 0 Å². The van der Waals surface area contributed by atoms with E-state index in [0.29, 0.717) is 12.8 Å². The van der Waals surface area contributed by atoms with Crippen molar-refractivity contribution in [1.29, 1.82) is 0 Å². The summed E-state index contributed by atoms with van der Waals surface area (Å²) in [4.78, 5) is 27.5. The molecule has 1 saturated heterocycles. The summed E-state index contributed by atoms with van der Waals surface area (Å²) in [5.74, 6) is -0.781. The van der Waals surface area contributed by atoms with Crippen molar-refractivity contribution in [1.82, 2.24) is 15.1 Å². The van der Waals surface area contributed by atoms with Gasteiger partial charge in [0.2, 0.25) is 0 Å². The Morgan fingerprint density at radius 1 is 1.20 bits per heavy atom. The van der Waals surface area contributed by atoms with E-state index in [2.05, 4.69) is 17.1 Å². The van der Waals surface area contributed by atoms with Gasteiger partial charge in [0.1, 0.15) is 0 Å². The molecule has 6 heteroatoms. The lowest BCUT2D eigenvalue weighted by Gasteiger charge is -2.39. The van der Waals surface area contributed by atoms with Gasteiger partial charge in [-0.3, -0.25) is 9.69 Å². The highest BCUT2D eigenvalue weighted by Crippen LogP contribution is 2.40. The summed E-state index contributed by atoms with van der Waals surface area (Å²) in [5, 5.41) is 12.0. The first kappa shape index (κ1) is 15.1. The molecule has 0 bridgehead atoms. The van der Waals surface area contributed by atoms with E-state index in [1.807, 2.05) is 0 Å². The molecule has 2 rings (SSSR count). The minimum absolute atomic E-state index is 0.117. The SMILES string of the molecule is CCCN1CCN(C(=O)NCC2(C(=O)O)CCC2)CC1. The van der Waals surface area contributed by atoms with Gasteiger partial charge in [-0.15, -0.1) is 0 Å². The first-order valence-electron chi connectivity index (χ1n) is 7.56. The fourth-order valence-electron chi connectivity index (χ4n) is 2.92. The number of aliphatic carboxylic acids is 1. The highest BCUT2D eigenvalue weighted by atomic mass is 16.4. The number of carbonyl (C=O) groups excluding carboxylic acids is 1. The summed E-state index contributed by atoms with van der Waals surface area (Å²) in [7, 11) is 0. The van der Waals surface area contributed by atoms with E-state index >= 15 is 0 Å². The quantitative estimate of drug-likeness (QED) is 0.789. The maximum atomic E-state index is 12.1. The highest BCUT2D eigenvalue weighted by Gasteiger charge is 2.44.